The molecule has 0 atom stereocenters. The summed E-state index contributed by atoms with van der Waals surface area (Å²) in [5, 5.41) is 0.390. The van der Waals surface area contributed by atoms with E-state index in [1.807, 2.05) is 46.8 Å². The first kappa shape index (κ1) is 36.5. The molecule has 6 aromatic carbocycles. The first-order valence-corrected chi connectivity index (χ1v) is 17.3. The molecule has 0 saturated heterocycles. The van der Waals surface area contributed by atoms with Gasteiger partial charge >= 0.3 is 0 Å². The van der Waals surface area contributed by atoms with Gasteiger partial charge in [-0.15, -0.1) is 0 Å². The number of benzene rings is 6. The normalized spacial score (nSPS) is 12.2. The standard InChI is InChI=1S/C45H37ClF4N2/c1-26-22-27(2)44(28(3)23-26)51-29(4)30(5)52-45-40(42(31-6-14-36(47)15-7-31)32-8-16-37(48)17-9-32)24-35(46)25-41(45)43(33-10-18-38(49)19-11-33)34-12-20-39(50)21-13-34/h6-25,42-43H,1-5H3. The Kier molecular flexibility index (Phi) is 10.9. The van der Waals surface area contributed by atoms with Gasteiger partial charge in [0.2, 0.25) is 0 Å². The van der Waals surface area contributed by atoms with E-state index in [1.165, 1.54) is 48.5 Å². The van der Waals surface area contributed by atoms with E-state index >= 15 is 0 Å². The second kappa shape index (κ2) is 15.5. The molecule has 0 amide bonds. The summed E-state index contributed by atoms with van der Waals surface area (Å²) < 4.78 is 57.3. The monoisotopic (exact) mass is 716 g/mol. The molecule has 0 unspecified atom stereocenters. The zero-order chi connectivity index (χ0) is 37.1. The molecule has 0 heterocycles. The van der Waals surface area contributed by atoms with Crippen LogP contribution in [-0.4, -0.2) is 11.4 Å². The average Bonchev–Trinajstić information content (AvgIpc) is 3.11. The predicted molar refractivity (Wildman–Crippen MR) is 205 cm³/mol. The van der Waals surface area contributed by atoms with Crippen molar-refractivity contribution in [2.24, 2.45) is 9.98 Å². The van der Waals surface area contributed by atoms with E-state index in [-0.39, 0.29) is 0 Å². The maximum Gasteiger partial charge on any atom is 0.123 e. The lowest BCUT2D eigenvalue weighted by Crippen LogP contribution is -2.11. The van der Waals surface area contributed by atoms with Gasteiger partial charge in [-0.05, 0) is 140 Å². The van der Waals surface area contributed by atoms with Crippen LogP contribution in [0, 0.1) is 44.0 Å². The van der Waals surface area contributed by atoms with Crippen molar-refractivity contribution < 1.29 is 17.6 Å². The second-order valence-electron chi connectivity index (χ2n) is 13.1. The molecule has 0 saturated carbocycles. The van der Waals surface area contributed by atoms with E-state index in [4.69, 9.17) is 21.6 Å². The van der Waals surface area contributed by atoms with Gasteiger partial charge in [0.15, 0.2) is 0 Å². The molecule has 0 aromatic heterocycles. The third-order valence-corrected chi connectivity index (χ3v) is 9.51. The zero-order valence-corrected chi connectivity index (χ0v) is 30.2. The molecule has 0 radical (unpaired) electrons. The van der Waals surface area contributed by atoms with Crippen LogP contribution in [0.5, 0.6) is 0 Å². The van der Waals surface area contributed by atoms with Gasteiger partial charge < -0.3 is 0 Å². The number of aliphatic imine (C=N–C) groups is 2. The van der Waals surface area contributed by atoms with Crippen LogP contribution < -0.4 is 0 Å². The molecule has 6 aromatic rings. The quantitative estimate of drug-likeness (QED) is 0.0808. The number of nitrogens with zero attached hydrogens (tertiary/aromatic N) is 2. The summed E-state index contributed by atoms with van der Waals surface area (Å²) >= 11 is 7.00. The number of hydrogen-bond acceptors (Lipinski definition) is 2. The highest BCUT2D eigenvalue weighted by Gasteiger charge is 2.28. The highest BCUT2D eigenvalue weighted by atomic mass is 35.5. The second-order valence-corrected chi connectivity index (χ2v) is 13.6. The average molecular weight is 717 g/mol. The fourth-order valence-corrected chi connectivity index (χ4v) is 7.02. The lowest BCUT2D eigenvalue weighted by Gasteiger charge is -2.27. The van der Waals surface area contributed by atoms with Crippen molar-refractivity contribution in [2.75, 3.05) is 0 Å². The molecule has 2 nitrogen and oxygen atoms in total. The minimum atomic E-state index is -0.564. The van der Waals surface area contributed by atoms with E-state index in [0.29, 0.717) is 33.3 Å². The maximum atomic E-state index is 14.3. The van der Waals surface area contributed by atoms with Gasteiger partial charge in [-0.25, -0.2) is 17.6 Å². The first-order valence-electron chi connectivity index (χ1n) is 16.9. The molecule has 7 heteroatoms. The van der Waals surface area contributed by atoms with Crippen LogP contribution in [0.25, 0.3) is 0 Å². The third-order valence-electron chi connectivity index (χ3n) is 9.29. The molecule has 6 rings (SSSR count). The van der Waals surface area contributed by atoms with Gasteiger partial charge in [-0.1, -0.05) is 77.8 Å². The fraction of sp³-hybridized carbons (Fsp3) is 0.156. The lowest BCUT2D eigenvalue weighted by atomic mass is 9.79. The summed E-state index contributed by atoms with van der Waals surface area (Å²) in [6.45, 7) is 9.89. The number of aryl methyl sites for hydroxylation is 3. The van der Waals surface area contributed by atoms with Crippen LogP contribution in [0.1, 0.15) is 75.8 Å². The molecular weight excluding hydrogens is 680 g/mol. The van der Waals surface area contributed by atoms with E-state index < -0.39 is 35.1 Å². The molecular formula is C45H37ClF4N2. The summed E-state index contributed by atoms with van der Waals surface area (Å²) in [7, 11) is 0. The van der Waals surface area contributed by atoms with Crippen molar-refractivity contribution in [2.45, 2.75) is 46.5 Å². The molecule has 0 aliphatic heterocycles. The molecule has 0 aliphatic carbocycles. The smallest absolute Gasteiger partial charge is 0.123 e. The fourth-order valence-electron chi connectivity index (χ4n) is 6.78. The first-order chi connectivity index (χ1) is 24.9. The number of halogens is 5. The summed E-state index contributed by atoms with van der Waals surface area (Å²) in [5.41, 5.74) is 10.2. The van der Waals surface area contributed by atoms with Gasteiger partial charge in [0.1, 0.15) is 23.3 Å². The Hall–Kier alpha value is -5.33. The Labute approximate surface area is 307 Å². The molecule has 52 heavy (non-hydrogen) atoms. The molecule has 0 N–H and O–H groups in total. The Morgan fingerprint density at radius 2 is 0.750 bits per heavy atom. The van der Waals surface area contributed by atoms with Crippen LogP contribution in [0.4, 0.5) is 28.9 Å². The third kappa shape index (κ3) is 8.08. The van der Waals surface area contributed by atoms with Crippen LogP contribution >= 0.6 is 11.6 Å². The van der Waals surface area contributed by atoms with Crippen molar-refractivity contribution >= 4 is 34.4 Å². The topological polar surface area (TPSA) is 24.7 Å². The molecule has 262 valence electrons. The highest BCUT2D eigenvalue weighted by molar-refractivity contribution is 6.41. The lowest BCUT2D eigenvalue weighted by molar-refractivity contribution is 0.625. The summed E-state index contributed by atoms with van der Waals surface area (Å²) in [6, 6.07) is 32.4. The van der Waals surface area contributed by atoms with E-state index in [9.17, 15) is 17.6 Å². The molecule has 0 bridgehead atoms. The van der Waals surface area contributed by atoms with Gasteiger partial charge in [0, 0.05) is 16.9 Å². The SMILES string of the molecule is CC(=Nc1c(C)cc(C)cc1C)C(C)=Nc1c(C(c2ccc(F)cc2)c2ccc(F)cc2)cc(Cl)cc1C(c1ccc(F)cc1)c1ccc(F)cc1. The van der Waals surface area contributed by atoms with Gasteiger partial charge in [0.05, 0.1) is 22.8 Å². The van der Waals surface area contributed by atoms with E-state index in [2.05, 4.69) is 12.1 Å². The highest BCUT2D eigenvalue weighted by Crippen LogP contribution is 2.46. The van der Waals surface area contributed by atoms with Crippen LogP contribution in [0.15, 0.2) is 131 Å². The summed E-state index contributed by atoms with van der Waals surface area (Å²) in [6.07, 6.45) is 0. The van der Waals surface area contributed by atoms with Crippen LogP contribution in [0.2, 0.25) is 5.02 Å². The molecule has 0 spiro atoms. The Morgan fingerprint density at radius 1 is 0.462 bits per heavy atom. The van der Waals surface area contributed by atoms with Gasteiger partial charge in [-0.2, -0.15) is 0 Å². The maximum absolute atomic E-state index is 14.3. The molecule has 0 fully saturated rings. The Bertz CT molecular complexity index is 2050. The summed E-state index contributed by atoms with van der Waals surface area (Å²) in [5.74, 6) is -2.73. The largest absolute Gasteiger partial charge is 0.251 e. The number of hydrogen-bond donors (Lipinski definition) is 0. The molecule has 0 aliphatic rings. The van der Waals surface area contributed by atoms with Crippen molar-refractivity contribution in [3.05, 3.63) is 200 Å². The number of rotatable bonds is 9. The minimum Gasteiger partial charge on any atom is -0.251 e. The minimum absolute atomic E-state index is 0.390. The van der Waals surface area contributed by atoms with Crippen molar-refractivity contribution in [1.82, 2.24) is 0 Å². The Morgan fingerprint density at radius 3 is 1.06 bits per heavy atom. The Balaban J connectivity index is 1.68. The van der Waals surface area contributed by atoms with E-state index in [1.54, 1.807) is 48.5 Å². The van der Waals surface area contributed by atoms with Gasteiger partial charge in [0.25, 0.3) is 0 Å². The van der Waals surface area contributed by atoms with Crippen LogP contribution in [0.3, 0.4) is 0 Å². The predicted octanol–water partition coefficient (Wildman–Crippen LogP) is 13.1. The van der Waals surface area contributed by atoms with Crippen molar-refractivity contribution in [3.63, 3.8) is 0 Å². The van der Waals surface area contributed by atoms with E-state index in [0.717, 1.165) is 44.6 Å². The van der Waals surface area contributed by atoms with Crippen molar-refractivity contribution in [3.8, 4) is 0 Å². The van der Waals surface area contributed by atoms with Crippen LogP contribution in [-0.2, 0) is 0 Å². The van der Waals surface area contributed by atoms with Gasteiger partial charge in [-0.3, -0.25) is 9.98 Å². The summed E-state index contributed by atoms with van der Waals surface area (Å²) in [4.78, 5) is 10.3. The van der Waals surface area contributed by atoms with Crippen molar-refractivity contribution in [1.29, 1.82) is 0 Å². The zero-order valence-electron chi connectivity index (χ0n) is 29.5.